The molecular formula is C16H19N2O4+. The Balaban J connectivity index is 2.53. The number of benzene rings is 1. The first-order chi connectivity index (χ1) is 10.3. The molecule has 6 nitrogen and oxygen atoms in total. The molecule has 0 saturated carbocycles. The van der Waals surface area contributed by atoms with Crippen molar-refractivity contribution in [3.63, 3.8) is 0 Å². The first-order valence-electron chi connectivity index (χ1n) is 6.70. The topological polar surface area (TPSA) is 75.6 Å². The maximum atomic E-state index is 12.0. The Morgan fingerprint density at radius 2 is 1.91 bits per heavy atom. The minimum atomic E-state index is -0.137. The molecule has 6 heteroatoms. The minimum Gasteiger partial charge on any atom is -0.508 e. The lowest BCUT2D eigenvalue weighted by molar-refractivity contribution is -0.692. The first-order valence-corrected chi connectivity index (χ1v) is 6.70. The van der Waals surface area contributed by atoms with Crippen LogP contribution in [0.1, 0.15) is 17.0 Å². The van der Waals surface area contributed by atoms with Gasteiger partial charge in [-0.3, -0.25) is 0 Å². The molecule has 0 aliphatic heterocycles. The zero-order valence-electron chi connectivity index (χ0n) is 13.0. The molecule has 116 valence electrons. The van der Waals surface area contributed by atoms with E-state index in [0.29, 0.717) is 17.0 Å². The van der Waals surface area contributed by atoms with Crippen molar-refractivity contribution in [1.82, 2.24) is 4.57 Å². The summed E-state index contributed by atoms with van der Waals surface area (Å²) in [6.07, 6.45) is 3.35. The molecule has 1 heterocycles. The number of aromatic nitrogens is 2. The summed E-state index contributed by atoms with van der Waals surface area (Å²) in [4.78, 5) is 12.0. The van der Waals surface area contributed by atoms with Crippen molar-refractivity contribution >= 4 is 12.2 Å². The molecule has 0 saturated heterocycles. The van der Waals surface area contributed by atoms with Crippen LogP contribution in [0.25, 0.3) is 12.2 Å². The summed E-state index contributed by atoms with van der Waals surface area (Å²) in [7, 11) is 4.84. The highest BCUT2D eigenvalue weighted by molar-refractivity contribution is 5.75. The second-order valence-corrected chi connectivity index (χ2v) is 5.03. The molecule has 0 fully saturated rings. The van der Waals surface area contributed by atoms with Crippen LogP contribution in [0, 0.1) is 6.92 Å². The Labute approximate surface area is 128 Å². The van der Waals surface area contributed by atoms with E-state index in [2.05, 4.69) is 0 Å². The van der Waals surface area contributed by atoms with Crippen LogP contribution in [0.3, 0.4) is 0 Å². The van der Waals surface area contributed by atoms with Gasteiger partial charge in [0.15, 0.2) is 0 Å². The van der Waals surface area contributed by atoms with Gasteiger partial charge in [0.05, 0.1) is 26.8 Å². The van der Waals surface area contributed by atoms with Gasteiger partial charge in [0, 0.05) is 18.2 Å². The lowest BCUT2D eigenvalue weighted by atomic mass is 10.1. The van der Waals surface area contributed by atoms with Gasteiger partial charge in [-0.05, 0) is 19.1 Å². The zero-order chi connectivity index (χ0) is 16.4. The van der Waals surface area contributed by atoms with Crippen LogP contribution in [0.15, 0.2) is 23.0 Å². The molecule has 0 aliphatic carbocycles. The smallest absolute Gasteiger partial charge is 0.498 e. The predicted octanol–water partition coefficient (Wildman–Crippen LogP) is 1.11. The van der Waals surface area contributed by atoms with Crippen molar-refractivity contribution in [2.75, 3.05) is 7.11 Å². The number of phenolic OH excluding ortho intramolecular Hbond substituents is 2. The fourth-order valence-electron chi connectivity index (χ4n) is 2.16. The molecule has 0 amide bonds. The summed E-state index contributed by atoms with van der Waals surface area (Å²) in [5.74, 6) is 0.162. The summed E-state index contributed by atoms with van der Waals surface area (Å²) < 4.78 is 8.21. The third kappa shape index (κ3) is 2.81. The highest BCUT2D eigenvalue weighted by Crippen LogP contribution is 2.33. The van der Waals surface area contributed by atoms with Gasteiger partial charge >= 0.3 is 5.69 Å². The molecule has 0 unspecified atom stereocenters. The molecule has 1 aromatic heterocycles. The average molecular weight is 303 g/mol. The standard InChI is InChI=1S/C16H18N2O4/c1-10-7-11(18(3)16(21)17(10)2)5-6-13-14(20)8-12(19)9-15(13)22-4/h5-9H,1-4H3,(H,19,20)/p+1. The number of nitrogens with zero attached hydrogens (tertiary/aromatic N) is 2. The normalized spacial score (nSPS) is 11.1. The second kappa shape index (κ2) is 5.93. The minimum absolute atomic E-state index is 0.0820. The Kier molecular flexibility index (Phi) is 4.21. The van der Waals surface area contributed by atoms with Crippen molar-refractivity contribution in [2.24, 2.45) is 14.1 Å². The number of aromatic hydroxyl groups is 2. The molecule has 2 aromatic rings. The van der Waals surface area contributed by atoms with E-state index in [-0.39, 0.29) is 17.2 Å². The van der Waals surface area contributed by atoms with Gasteiger partial charge in [0.25, 0.3) is 0 Å². The number of hydrogen-bond donors (Lipinski definition) is 2. The van der Waals surface area contributed by atoms with Crippen LogP contribution in [0.4, 0.5) is 0 Å². The van der Waals surface area contributed by atoms with E-state index < -0.39 is 0 Å². The molecule has 2 rings (SSSR count). The van der Waals surface area contributed by atoms with Gasteiger partial charge in [0.2, 0.25) is 0 Å². The van der Waals surface area contributed by atoms with Crippen molar-refractivity contribution in [2.45, 2.75) is 6.92 Å². The van der Waals surface area contributed by atoms with Crippen LogP contribution in [0.2, 0.25) is 0 Å². The molecule has 2 N–H and O–H groups in total. The number of phenols is 2. The molecule has 0 aliphatic rings. The Hall–Kier alpha value is -2.76. The summed E-state index contributed by atoms with van der Waals surface area (Å²) in [5.41, 5.74) is 1.81. The van der Waals surface area contributed by atoms with Crippen molar-refractivity contribution in [3.8, 4) is 17.2 Å². The van der Waals surface area contributed by atoms with Crippen molar-refractivity contribution in [3.05, 3.63) is 45.6 Å². The molecule has 1 aromatic carbocycles. The van der Waals surface area contributed by atoms with E-state index in [1.54, 1.807) is 30.8 Å². The average Bonchev–Trinajstić information content (AvgIpc) is 2.48. The van der Waals surface area contributed by atoms with E-state index in [0.717, 1.165) is 5.69 Å². The van der Waals surface area contributed by atoms with Crippen molar-refractivity contribution < 1.29 is 19.5 Å². The van der Waals surface area contributed by atoms with Crippen LogP contribution in [-0.4, -0.2) is 21.9 Å². The SMILES string of the molecule is COc1cc(O)cc(O)c1C=Cc1cc(C)n(C)c(=O)[n+]1C. The van der Waals surface area contributed by atoms with Gasteiger partial charge in [-0.2, -0.15) is 13.9 Å². The monoisotopic (exact) mass is 303 g/mol. The highest BCUT2D eigenvalue weighted by atomic mass is 16.5. The quantitative estimate of drug-likeness (QED) is 0.833. The fourth-order valence-corrected chi connectivity index (χ4v) is 2.16. The first kappa shape index (κ1) is 15.6. The molecule has 0 spiro atoms. The fraction of sp³-hybridized carbons (Fsp3) is 0.250. The predicted molar refractivity (Wildman–Crippen MR) is 82.8 cm³/mol. The van der Waals surface area contributed by atoms with E-state index in [1.165, 1.54) is 23.8 Å². The zero-order valence-corrected chi connectivity index (χ0v) is 13.0. The summed E-state index contributed by atoms with van der Waals surface area (Å²) in [6.45, 7) is 1.84. The lowest BCUT2D eigenvalue weighted by Crippen LogP contribution is -2.53. The van der Waals surface area contributed by atoms with Crippen LogP contribution in [0.5, 0.6) is 17.2 Å². The van der Waals surface area contributed by atoms with Crippen LogP contribution < -0.4 is 15.0 Å². The van der Waals surface area contributed by atoms with Gasteiger partial charge in [-0.15, -0.1) is 0 Å². The summed E-state index contributed by atoms with van der Waals surface area (Å²) in [5, 5.41) is 19.4. The number of rotatable bonds is 3. The Morgan fingerprint density at radius 3 is 2.55 bits per heavy atom. The Morgan fingerprint density at radius 1 is 1.23 bits per heavy atom. The van der Waals surface area contributed by atoms with Crippen LogP contribution >= 0.6 is 0 Å². The van der Waals surface area contributed by atoms with E-state index in [1.807, 2.05) is 13.0 Å². The number of methoxy groups -OCH3 is 1. The maximum absolute atomic E-state index is 12.0. The molecular weight excluding hydrogens is 284 g/mol. The lowest BCUT2D eigenvalue weighted by Gasteiger charge is -2.08. The summed E-state index contributed by atoms with van der Waals surface area (Å²) in [6, 6.07) is 4.51. The molecule has 0 atom stereocenters. The number of hydrogen-bond acceptors (Lipinski definition) is 4. The van der Waals surface area contributed by atoms with Crippen molar-refractivity contribution in [1.29, 1.82) is 0 Å². The van der Waals surface area contributed by atoms with Gasteiger partial charge in [-0.25, -0.2) is 0 Å². The van der Waals surface area contributed by atoms with Gasteiger partial charge in [-0.1, -0.05) is 0 Å². The maximum Gasteiger partial charge on any atom is 0.498 e. The summed E-state index contributed by atoms with van der Waals surface area (Å²) >= 11 is 0. The largest absolute Gasteiger partial charge is 0.508 e. The van der Waals surface area contributed by atoms with Crippen LogP contribution in [-0.2, 0) is 14.1 Å². The third-order valence-electron chi connectivity index (χ3n) is 3.59. The van der Waals surface area contributed by atoms with E-state index in [4.69, 9.17) is 4.74 Å². The molecule has 22 heavy (non-hydrogen) atoms. The molecule has 0 bridgehead atoms. The van der Waals surface area contributed by atoms with E-state index >= 15 is 0 Å². The number of ether oxygens (including phenoxy) is 1. The third-order valence-corrected chi connectivity index (χ3v) is 3.59. The highest BCUT2D eigenvalue weighted by Gasteiger charge is 2.13. The van der Waals surface area contributed by atoms with Gasteiger partial charge in [0.1, 0.15) is 28.6 Å². The number of aryl methyl sites for hydroxylation is 1. The second-order valence-electron chi connectivity index (χ2n) is 5.03. The Bertz CT molecular complexity index is 807. The molecule has 0 radical (unpaired) electrons. The van der Waals surface area contributed by atoms with Gasteiger partial charge < -0.3 is 14.9 Å². The van der Waals surface area contributed by atoms with E-state index in [9.17, 15) is 15.0 Å².